The summed E-state index contributed by atoms with van der Waals surface area (Å²) in [7, 11) is -5.80. The quantitative estimate of drug-likeness (QED) is 0.102. The van der Waals surface area contributed by atoms with Crippen molar-refractivity contribution in [2.45, 2.75) is 33.6 Å². The summed E-state index contributed by atoms with van der Waals surface area (Å²) >= 11 is 9.10. The third-order valence-electron chi connectivity index (χ3n) is 13.1. The van der Waals surface area contributed by atoms with Crippen molar-refractivity contribution in [1.82, 2.24) is 4.57 Å². The Morgan fingerprint density at radius 3 is 1.56 bits per heavy atom. The monoisotopic (exact) mass is 1500 g/mol. The molecule has 0 spiro atoms. The number of alkyl halides is 3. The highest BCUT2D eigenvalue weighted by atomic mass is 127. The van der Waals surface area contributed by atoms with E-state index in [0.29, 0.717) is 51.2 Å². The molecule has 1 atom stereocenters. The summed E-state index contributed by atoms with van der Waals surface area (Å²) in [4.78, 5) is 1.32. The zero-order valence-corrected chi connectivity index (χ0v) is 52.2. The third-order valence-corrected chi connectivity index (χ3v) is 23.3. The first-order valence-electron chi connectivity index (χ1n) is 23.4. The van der Waals surface area contributed by atoms with Crippen LogP contribution in [-0.4, -0.2) is 51.1 Å². The first kappa shape index (κ1) is 56.9. The predicted molar refractivity (Wildman–Crippen MR) is 328 cm³/mol. The molecule has 3 aliphatic rings. The summed E-state index contributed by atoms with van der Waals surface area (Å²) in [6.45, 7) is 0.317. The summed E-state index contributed by atoms with van der Waals surface area (Å²) in [6.07, 6.45) is -1.78. The molecule has 0 saturated carbocycles. The van der Waals surface area contributed by atoms with Gasteiger partial charge in [-0.1, -0.05) is 72.8 Å². The smallest absolute Gasteiger partial charge is 0.366 e. The second-order valence-electron chi connectivity index (χ2n) is 17.6. The molecule has 0 radical (unpaired) electrons. The molecule has 0 saturated heterocycles. The number of benzene rings is 6. The number of nitrogens with zero attached hydrogens (tertiary/aromatic N) is 4. The van der Waals surface area contributed by atoms with Crippen LogP contribution in [0.2, 0.25) is 0 Å². The van der Waals surface area contributed by atoms with Gasteiger partial charge in [-0.2, -0.15) is 13.1 Å². The fourth-order valence-electron chi connectivity index (χ4n) is 9.30. The van der Waals surface area contributed by atoms with Crippen molar-refractivity contribution >= 4 is 138 Å². The van der Waals surface area contributed by atoms with Gasteiger partial charge in [-0.3, -0.25) is 4.31 Å². The van der Waals surface area contributed by atoms with Crippen LogP contribution in [0.5, 0.6) is 17.2 Å². The lowest BCUT2D eigenvalue weighted by Crippen LogP contribution is -2.46. The molecular weight excluding hydrogens is 1460 g/mol. The Bertz CT molecular complexity index is 4140. The molecule has 0 fully saturated rings. The SMILES string of the molecule is COc1ccc(S(=O)(=O)N2Cc3ccccc3-c3c2cc(I)n3C)cc1.COc1ccc(S(=O)(=O)N2c3cc(I)sc3-c3ccccc3C2(F)F)cc1.COc1ccc(S(=O)(=O)N2c3cc(I)sc3-c3ccccc3[C@@H]2F)cc1. The van der Waals surface area contributed by atoms with E-state index in [-0.39, 0.29) is 30.2 Å². The Morgan fingerprint density at radius 2 is 1.00 bits per heavy atom. The molecule has 0 aliphatic carbocycles. The summed E-state index contributed by atoms with van der Waals surface area (Å²) in [6, 6.07) is 40.2. The van der Waals surface area contributed by atoms with Gasteiger partial charge in [0.05, 0.1) is 90.1 Å². The Balaban J connectivity index is 0.000000134. The number of fused-ring (bicyclic) bond motifs is 9. The number of methoxy groups -OCH3 is 3. The van der Waals surface area contributed by atoms with E-state index in [1.807, 2.05) is 76.7 Å². The molecule has 0 unspecified atom stereocenters. The minimum Gasteiger partial charge on any atom is -0.497 e. The van der Waals surface area contributed by atoms with E-state index in [4.69, 9.17) is 14.2 Å². The molecule has 3 aliphatic heterocycles. The number of thiophene rings is 2. The minimum absolute atomic E-state index is 0.0103. The van der Waals surface area contributed by atoms with Crippen molar-refractivity contribution in [3.63, 3.8) is 0 Å². The van der Waals surface area contributed by atoms with E-state index in [1.54, 1.807) is 73.8 Å². The molecule has 6 heterocycles. The fraction of sp³-hybridized carbons (Fsp3) is 0.127. The van der Waals surface area contributed by atoms with Crippen LogP contribution in [0.3, 0.4) is 0 Å². The van der Waals surface area contributed by atoms with Gasteiger partial charge in [-0.05, 0) is 164 Å². The summed E-state index contributed by atoms with van der Waals surface area (Å²) in [5, 5.41) is 0. The van der Waals surface area contributed by atoms with Crippen molar-refractivity contribution < 1.29 is 52.6 Å². The van der Waals surface area contributed by atoms with Gasteiger partial charge >= 0.3 is 6.05 Å². The molecular formula is C55H42F3I3N4O9S5. The van der Waals surface area contributed by atoms with Crippen LogP contribution < -0.4 is 27.1 Å². The normalized spacial score (nSPS) is 14.9. The fourth-order valence-corrected chi connectivity index (χ4v) is 18.1. The molecule has 13 nitrogen and oxygen atoms in total. The van der Waals surface area contributed by atoms with Gasteiger partial charge in [0.1, 0.15) is 17.2 Å². The molecule has 9 aromatic rings. The van der Waals surface area contributed by atoms with Crippen LogP contribution in [0.4, 0.5) is 30.2 Å². The second kappa shape index (κ2) is 22.2. The topological polar surface area (TPSA) is 145 Å². The maximum absolute atomic E-state index is 15.4. The van der Waals surface area contributed by atoms with Gasteiger partial charge in [0, 0.05) is 29.3 Å². The van der Waals surface area contributed by atoms with E-state index in [2.05, 4.69) is 45.2 Å². The number of rotatable bonds is 9. The number of halogens is 6. The first-order chi connectivity index (χ1) is 37.6. The maximum Gasteiger partial charge on any atom is 0.366 e. The largest absolute Gasteiger partial charge is 0.497 e. The second-order valence-corrected chi connectivity index (χ2v) is 30.0. The summed E-state index contributed by atoms with van der Waals surface area (Å²) < 4.78 is 148. The molecule has 12 rings (SSSR count). The highest BCUT2D eigenvalue weighted by Gasteiger charge is 2.53. The van der Waals surface area contributed by atoms with Crippen molar-refractivity contribution in [2.24, 2.45) is 7.05 Å². The highest BCUT2D eigenvalue weighted by Crippen LogP contribution is 2.55. The van der Waals surface area contributed by atoms with Crippen molar-refractivity contribution in [2.75, 3.05) is 34.2 Å². The lowest BCUT2D eigenvalue weighted by atomic mass is 10.00. The van der Waals surface area contributed by atoms with Gasteiger partial charge in [0.25, 0.3) is 30.1 Å². The summed E-state index contributed by atoms with van der Waals surface area (Å²) in [5.41, 5.74) is 5.20. The first-order valence-corrected chi connectivity index (χ1v) is 32.6. The molecule has 0 amide bonds. The van der Waals surface area contributed by atoms with Gasteiger partial charge < -0.3 is 18.8 Å². The average molecular weight is 1500 g/mol. The van der Waals surface area contributed by atoms with Crippen LogP contribution in [0, 0.1) is 9.47 Å². The van der Waals surface area contributed by atoms with Crippen molar-refractivity contribution in [3.8, 4) is 49.4 Å². The van der Waals surface area contributed by atoms with Gasteiger partial charge in [-0.25, -0.2) is 33.9 Å². The van der Waals surface area contributed by atoms with Gasteiger partial charge in [0.2, 0.25) is 6.30 Å². The van der Waals surface area contributed by atoms with Crippen LogP contribution in [-0.2, 0) is 49.7 Å². The number of anilines is 3. The van der Waals surface area contributed by atoms with E-state index >= 15 is 13.2 Å². The van der Waals surface area contributed by atoms with Gasteiger partial charge in [0.15, 0.2) is 0 Å². The summed E-state index contributed by atoms with van der Waals surface area (Å²) in [5.74, 6) is 1.61. The molecule has 79 heavy (non-hydrogen) atoms. The Labute approximate surface area is 503 Å². The lowest BCUT2D eigenvalue weighted by molar-refractivity contribution is 0.00906. The van der Waals surface area contributed by atoms with Crippen molar-refractivity contribution in [3.05, 3.63) is 190 Å². The van der Waals surface area contributed by atoms with E-state index < -0.39 is 42.4 Å². The molecule has 0 N–H and O–H groups in total. The number of hydrogen-bond donors (Lipinski definition) is 0. The average Bonchev–Trinajstić information content (AvgIpc) is 3.94. The molecule has 24 heteroatoms. The highest BCUT2D eigenvalue weighted by molar-refractivity contribution is 14.1. The van der Waals surface area contributed by atoms with Crippen molar-refractivity contribution in [1.29, 1.82) is 0 Å². The number of ether oxygens (including phenoxy) is 3. The van der Waals surface area contributed by atoms with E-state index in [0.717, 1.165) is 41.0 Å². The molecule has 408 valence electrons. The number of hydrogen-bond acceptors (Lipinski definition) is 11. The Morgan fingerprint density at radius 1 is 0.544 bits per heavy atom. The van der Waals surface area contributed by atoms with Crippen LogP contribution >= 0.6 is 90.4 Å². The maximum atomic E-state index is 15.4. The van der Waals surface area contributed by atoms with Crippen LogP contribution in [0.15, 0.2) is 178 Å². The number of sulfonamides is 3. The Kier molecular flexibility index (Phi) is 16.0. The molecule has 0 bridgehead atoms. The van der Waals surface area contributed by atoms with E-state index in [9.17, 15) is 25.3 Å². The zero-order valence-electron chi connectivity index (χ0n) is 41.6. The molecule has 6 aromatic carbocycles. The Hall–Kier alpha value is -5.37. The predicted octanol–water partition coefficient (Wildman–Crippen LogP) is 14.5. The molecule has 3 aromatic heterocycles. The standard InChI is InChI=1S/C19H17IN2O3S.C18H12F2INO3S2.C18H13FINO3S2/c1-21-18(20)11-17-19(21)16-6-4-3-5-13(16)12-22(17)26(23,24)15-9-7-14(25-2)8-10-15;1-25-11-6-8-12(9-7-11)27(23,24)22-15-10-16(21)26-17(15)13-4-2-3-5-14(13)18(22,19)20;1-24-11-6-8-12(9-7-11)26(22,23)21-15-10-16(20)25-17(15)13-4-2-3-5-14(13)18(21)19/h3-11H,12H2,1-2H3;2-10H,1H3;2-10,18H,1H3/t;;18-/m..1/s1. The van der Waals surface area contributed by atoms with Gasteiger partial charge in [-0.15, -0.1) is 22.7 Å². The zero-order chi connectivity index (χ0) is 56.3. The third kappa shape index (κ3) is 10.3. The van der Waals surface area contributed by atoms with E-state index in [1.165, 1.54) is 95.8 Å². The lowest BCUT2D eigenvalue weighted by Gasteiger charge is -2.36. The minimum atomic E-state index is -4.51. The van der Waals surface area contributed by atoms with Crippen LogP contribution in [0.25, 0.3) is 32.1 Å². The number of aromatic nitrogens is 1. The van der Waals surface area contributed by atoms with Crippen LogP contribution in [0.1, 0.15) is 23.0 Å².